The number of aromatic nitrogens is 2. The molecular weight excluding hydrogens is 630 g/mol. The summed E-state index contributed by atoms with van der Waals surface area (Å²) >= 11 is 0. The largest absolute Gasteiger partial charge is 0.404 e. The molecule has 0 unspecified atom stereocenters. The average molecular weight is 671 g/mol. The molecule has 2 aromatic carbocycles. The van der Waals surface area contributed by atoms with E-state index < -0.39 is 28.4 Å². The lowest BCUT2D eigenvalue weighted by atomic mass is 9.92. The molecule has 6 rings (SSSR count). The van der Waals surface area contributed by atoms with E-state index in [1.165, 1.54) is 12.1 Å². The lowest BCUT2D eigenvalue weighted by molar-refractivity contribution is -0.0551. The fourth-order valence-electron chi connectivity index (χ4n) is 7.16. The van der Waals surface area contributed by atoms with Crippen LogP contribution in [-0.2, 0) is 17.6 Å². The highest BCUT2D eigenvalue weighted by Crippen LogP contribution is 2.37. The number of pyridine rings is 2. The molecule has 256 valence electrons. The Bertz CT molecular complexity index is 2160. The van der Waals surface area contributed by atoms with Crippen LogP contribution in [0.25, 0.3) is 21.8 Å². The molecule has 2 aromatic heterocycles. The smallest absolute Gasteiger partial charge is 0.303 e. The third-order valence-electron chi connectivity index (χ3n) is 10.5. The molecule has 0 saturated carbocycles. The van der Waals surface area contributed by atoms with Crippen molar-refractivity contribution in [3.8, 4) is 12.1 Å². The summed E-state index contributed by atoms with van der Waals surface area (Å²) in [6.07, 6.45) is 3.05. The van der Waals surface area contributed by atoms with E-state index in [1.807, 2.05) is 43.6 Å². The third-order valence-corrected chi connectivity index (χ3v) is 10.5. The molecule has 49 heavy (non-hydrogen) atoms. The van der Waals surface area contributed by atoms with Crippen LogP contribution in [0.5, 0.6) is 0 Å². The van der Waals surface area contributed by atoms with E-state index in [2.05, 4.69) is 11.1 Å². The van der Waals surface area contributed by atoms with Gasteiger partial charge in [-0.25, -0.2) is 8.78 Å². The second kappa shape index (κ2) is 12.8. The zero-order chi connectivity index (χ0) is 35.2. The number of hydrogen-bond acceptors (Lipinski definition) is 8. The molecule has 4 heterocycles. The fraction of sp³-hybridized carbons (Fsp3) is 0.459. The summed E-state index contributed by atoms with van der Waals surface area (Å²) in [6, 6.07) is 10.3. The fourth-order valence-corrected chi connectivity index (χ4v) is 7.16. The zero-order valence-electron chi connectivity index (χ0n) is 28.5. The van der Waals surface area contributed by atoms with Crippen molar-refractivity contribution in [1.29, 1.82) is 10.5 Å². The Morgan fingerprint density at radius 2 is 1.41 bits per heavy atom. The lowest BCUT2D eigenvalue weighted by Gasteiger charge is -2.41. The van der Waals surface area contributed by atoms with E-state index in [9.17, 15) is 20.1 Å². The molecule has 0 bridgehead atoms. The second-order valence-electron chi connectivity index (χ2n) is 13.6. The van der Waals surface area contributed by atoms with E-state index in [0.29, 0.717) is 92.4 Å². The SMILES string of the molecule is CCc1cc(F)c2[nH]c(=O)c(C#N)c(N3CCC(C)(On4c(=O)c(C#N)c(N5CCC(C)(OC)CC5)c5cc(CC)c(F)cc54)CC3)c2c1. The first-order valence-corrected chi connectivity index (χ1v) is 16.7. The number of anilines is 2. The van der Waals surface area contributed by atoms with E-state index in [1.54, 1.807) is 19.2 Å². The molecule has 2 aliphatic heterocycles. The van der Waals surface area contributed by atoms with Gasteiger partial charge in [-0.15, -0.1) is 4.73 Å². The number of methoxy groups -OCH3 is 1. The van der Waals surface area contributed by atoms with Crippen molar-refractivity contribution in [1.82, 2.24) is 9.71 Å². The number of hydrogen-bond donors (Lipinski definition) is 1. The van der Waals surface area contributed by atoms with Crippen molar-refractivity contribution >= 4 is 33.2 Å². The van der Waals surface area contributed by atoms with Gasteiger partial charge >= 0.3 is 5.56 Å². The summed E-state index contributed by atoms with van der Waals surface area (Å²) in [5, 5.41) is 21.3. The highest BCUT2D eigenvalue weighted by molar-refractivity contribution is 5.96. The molecule has 2 saturated heterocycles. The van der Waals surface area contributed by atoms with Crippen molar-refractivity contribution in [2.75, 3.05) is 43.1 Å². The van der Waals surface area contributed by atoms with Crippen LogP contribution in [0.4, 0.5) is 20.2 Å². The number of nitrogens with one attached hydrogen (secondary N) is 1. The molecule has 12 heteroatoms. The van der Waals surface area contributed by atoms with E-state index in [-0.39, 0.29) is 27.8 Å². The van der Waals surface area contributed by atoms with Gasteiger partial charge in [-0.1, -0.05) is 13.8 Å². The van der Waals surface area contributed by atoms with Crippen molar-refractivity contribution < 1.29 is 18.4 Å². The molecule has 2 aliphatic rings. The van der Waals surface area contributed by atoms with E-state index >= 15 is 8.78 Å². The number of piperidine rings is 2. The molecule has 0 amide bonds. The van der Waals surface area contributed by atoms with Crippen molar-refractivity contribution in [3.63, 3.8) is 0 Å². The number of aromatic amines is 1. The Kier molecular flexibility index (Phi) is 8.89. The zero-order valence-corrected chi connectivity index (χ0v) is 28.5. The average Bonchev–Trinajstić information content (AvgIpc) is 3.09. The standard InChI is InChI=1S/C37H40F2N6O4/c1-6-22-16-25-31(29(39)17-22)42-34(46)26(20-40)33(25)44-14-10-37(4,11-15-44)49-45-30-19-28(38)23(7-2)18-24(30)32(27(21-41)35(45)47)43-12-8-36(3,48-5)9-13-43/h16-19H,6-15H2,1-5H3,(H,42,46). The number of benzene rings is 2. The minimum Gasteiger partial charge on any atom is -0.404 e. The number of rotatable bonds is 7. The van der Waals surface area contributed by atoms with Crippen LogP contribution in [0.3, 0.4) is 0 Å². The molecule has 1 N–H and O–H groups in total. The van der Waals surface area contributed by atoms with Gasteiger partial charge < -0.3 is 24.4 Å². The molecule has 0 atom stereocenters. The van der Waals surface area contributed by atoms with Crippen molar-refractivity contribution in [2.45, 2.75) is 77.4 Å². The maximum atomic E-state index is 15.4. The van der Waals surface area contributed by atoms with Gasteiger partial charge in [-0.05, 0) is 68.9 Å². The topological polar surface area (TPSA) is 127 Å². The number of aryl methyl sites for hydroxylation is 2. The highest BCUT2D eigenvalue weighted by atomic mass is 19.1. The molecule has 2 fully saturated rings. The van der Waals surface area contributed by atoms with Gasteiger partial charge in [0.2, 0.25) is 0 Å². The molecule has 0 spiro atoms. The monoisotopic (exact) mass is 670 g/mol. The van der Waals surface area contributed by atoms with Gasteiger partial charge in [0.25, 0.3) is 5.56 Å². The molecular formula is C37H40F2N6O4. The molecule has 0 radical (unpaired) electrons. The van der Waals surface area contributed by atoms with E-state index in [0.717, 1.165) is 10.3 Å². The predicted molar refractivity (Wildman–Crippen MR) is 184 cm³/mol. The van der Waals surface area contributed by atoms with Gasteiger partial charge in [0.05, 0.1) is 28.0 Å². The van der Waals surface area contributed by atoms with Crippen LogP contribution in [0.2, 0.25) is 0 Å². The van der Waals surface area contributed by atoms with Gasteiger partial charge in [-0.3, -0.25) is 9.59 Å². The Labute approximate surface area is 283 Å². The van der Waals surface area contributed by atoms with Gasteiger partial charge in [0.15, 0.2) is 0 Å². The molecule has 10 nitrogen and oxygen atoms in total. The van der Waals surface area contributed by atoms with Crippen LogP contribution in [-0.4, -0.2) is 54.2 Å². The van der Waals surface area contributed by atoms with Crippen LogP contribution >= 0.6 is 0 Å². The van der Waals surface area contributed by atoms with E-state index in [4.69, 9.17) is 9.57 Å². The minimum atomic E-state index is -0.948. The maximum Gasteiger partial charge on any atom is 0.303 e. The summed E-state index contributed by atoms with van der Waals surface area (Å²) in [6.45, 7) is 9.36. The lowest BCUT2D eigenvalue weighted by Crippen LogP contribution is -2.51. The number of H-pyrrole nitrogens is 1. The molecule has 0 aliphatic carbocycles. The van der Waals surface area contributed by atoms with Crippen molar-refractivity contribution in [2.24, 2.45) is 0 Å². The highest BCUT2D eigenvalue weighted by Gasteiger charge is 2.37. The van der Waals surface area contributed by atoms with Crippen LogP contribution in [0, 0.1) is 34.3 Å². The quantitative estimate of drug-likeness (QED) is 0.274. The maximum absolute atomic E-state index is 15.4. The Hall–Kier alpha value is -4.94. The number of halogens is 2. The minimum absolute atomic E-state index is 0.0388. The van der Waals surface area contributed by atoms with Gasteiger partial charge in [0.1, 0.15) is 40.5 Å². The predicted octanol–water partition coefficient (Wildman–Crippen LogP) is 5.48. The van der Waals surface area contributed by atoms with Crippen LogP contribution < -0.4 is 25.8 Å². The van der Waals surface area contributed by atoms with Crippen molar-refractivity contribution in [3.05, 3.63) is 78.9 Å². The first-order chi connectivity index (χ1) is 23.4. The summed E-state index contributed by atoms with van der Waals surface area (Å²) in [7, 11) is 1.68. The first-order valence-electron chi connectivity index (χ1n) is 16.7. The summed E-state index contributed by atoms with van der Waals surface area (Å²) in [5.74, 6) is -1.04. The third kappa shape index (κ3) is 5.89. The Morgan fingerprint density at radius 1 is 0.816 bits per heavy atom. The Morgan fingerprint density at radius 3 is 1.96 bits per heavy atom. The van der Waals surface area contributed by atoms with Crippen LogP contribution in [0.1, 0.15) is 75.6 Å². The Balaban J connectivity index is 1.39. The number of ether oxygens (including phenoxy) is 1. The normalized spacial score (nSPS) is 17.2. The number of nitrogens with zero attached hydrogens (tertiary/aromatic N) is 5. The van der Waals surface area contributed by atoms with Gasteiger partial charge in [0, 0.05) is 63.0 Å². The summed E-state index contributed by atoms with van der Waals surface area (Å²) < 4.78 is 37.3. The van der Waals surface area contributed by atoms with Crippen LogP contribution in [0.15, 0.2) is 33.9 Å². The summed E-state index contributed by atoms with van der Waals surface area (Å²) in [5.41, 5.74) is -0.510. The summed E-state index contributed by atoms with van der Waals surface area (Å²) in [4.78, 5) is 39.9. The number of fused-ring (bicyclic) bond motifs is 2. The van der Waals surface area contributed by atoms with Gasteiger partial charge in [-0.2, -0.15) is 10.5 Å². The second-order valence-corrected chi connectivity index (χ2v) is 13.6. The number of nitriles is 2. The first kappa shape index (κ1) is 33.9. The molecule has 4 aromatic rings.